The van der Waals surface area contributed by atoms with Crippen molar-refractivity contribution in [2.24, 2.45) is 0 Å². The van der Waals surface area contributed by atoms with Crippen LogP contribution in [0.25, 0.3) is 0 Å². The number of benzene rings is 2. The number of sulfonamides is 1. The van der Waals surface area contributed by atoms with Crippen LogP contribution in [0.3, 0.4) is 0 Å². The maximum atomic E-state index is 12.8. The molecule has 0 aromatic heterocycles. The van der Waals surface area contributed by atoms with Gasteiger partial charge in [0.25, 0.3) is 0 Å². The van der Waals surface area contributed by atoms with E-state index in [1.54, 1.807) is 35.2 Å². The van der Waals surface area contributed by atoms with Crippen LogP contribution in [0.2, 0.25) is 5.02 Å². The number of halogens is 2. The Morgan fingerprint density at radius 1 is 1.00 bits per heavy atom. The lowest BCUT2D eigenvalue weighted by atomic mass is 10.1. The smallest absolute Gasteiger partial charge is 0.244 e. The van der Waals surface area contributed by atoms with E-state index in [-0.39, 0.29) is 30.3 Å². The van der Waals surface area contributed by atoms with Crippen molar-refractivity contribution >= 4 is 43.5 Å². The lowest BCUT2D eigenvalue weighted by molar-refractivity contribution is -0.131. The summed E-state index contributed by atoms with van der Waals surface area (Å²) in [5.41, 5.74) is 0.780. The summed E-state index contributed by atoms with van der Waals surface area (Å²) in [6.07, 6.45) is 0.219. The van der Waals surface area contributed by atoms with Gasteiger partial charge in [-0.1, -0.05) is 41.9 Å². The molecule has 0 saturated carbocycles. The lowest BCUT2D eigenvalue weighted by Crippen LogP contribution is -2.50. The SMILES string of the molecule is O=C(Cc1ccccc1Cl)N1CCN(S(=O)(=O)c2ccccc2Br)CC1. The Bertz CT molecular complexity index is 912. The van der Waals surface area contributed by atoms with Crippen LogP contribution < -0.4 is 0 Å². The second-order valence-corrected chi connectivity index (χ2v) is 9.15. The monoisotopic (exact) mass is 456 g/mol. The molecule has 1 fully saturated rings. The number of piperazine rings is 1. The van der Waals surface area contributed by atoms with Crippen LogP contribution >= 0.6 is 27.5 Å². The maximum Gasteiger partial charge on any atom is 0.244 e. The van der Waals surface area contributed by atoms with Gasteiger partial charge in [0.05, 0.1) is 11.3 Å². The van der Waals surface area contributed by atoms with Gasteiger partial charge in [-0.2, -0.15) is 4.31 Å². The van der Waals surface area contributed by atoms with Gasteiger partial charge >= 0.3 is 0 Å². The van der Waals surface area contributed by atoms with E-state index in [9.17, 15) is 13.2 Å². The molecule has 0 radical (unpaired) electrons. The highest BCUT2D eigenvalue weighted by molar-refractivity contribution is 9.10. The van der Waals surface area contributed by atoms with Crippen molar-refractivity contribution in [3.8, 4) is 0 Å². The molecule has 0 unspecified atom stereocenters. The fraction of sp³-hybridized carbons (Fsp3) is 0.278. The maximum absolute atomic E-state index is 12.8. The predicted octanol–water partition coefficient (Wildman–Crippen LogP) is 3.18. The summed E-state index contributed by atoms with van der Waals surface area (Å²) in [7, 11) is -3.58. The van der Waals surface area contributed by atoms with Crippen LogP contribution in [0.1, 0.15) is 5.56 Å². The molecule has 2 aromatic carbocycles. The number of nitrogens with zero attached hydrogens (tertiary/aromatic N) is 2. The zero-order valence-corrected chi connectivity index (χ0v) is 17.1. The molecular weight excluding hydrogens is 440 g/mol. The first kappa shape index (κ1) is 19.4. The summed E-state index contributed by atoms with van der Waals surface area (Å²) in [6, 6.07) is 14.0. The van der Waals surface area contributed by atoms with Gasteiger partial charge in [-0.3, -0.25) is 4.79 Å². The molecule has 1 aliphatic rings. The van der Waals surface area contributed by atoms with E-state index in [0.29, 0.717) is 22.6 Å². The molecule has 138 valence electrons. The number of rotatable bonds is 4. The Morgan fingerprint density at radius 2 is 1.62 bits per heavy atom. The lowest BCUT2D eigenvalue weighted by Gasteiger charge is -2.34. The number of carbonyl (C=O) groups excluding carboxylic acids is 1. The van der Waals surface area contributed by atoms with Gasteiger partial charge in [0, 0.05) is 35.7 Å². The van der Waals surface area contributed by atoms with Crippen LogP contribution in [-0.2, 0) is 21.2 Å². The van der Waals surface area contributed by atoms with Crippen molar-refractivity contribution in [2.45, 2.75) is 11.3 Å². The molecule has 1 heterocycles. The minimum absolute atomic E-state index is 0.0453. The summed E-state index contributed by atoms with van der Waals surface area (Å²) < 4.78 is 27.6. The third-order valence-corrected chi connectivity index (χ3v) is 7.62. The molecular formula is C18H18BrClN2O3S. The van der Waals surface area contributed by atoms with Gasteiger partial charge < -0.3 is 4.90 Å². The third kappa shape index (κ3) is 4.11. The van der Waals surface area contributed by atoms with Gasteiger partial charge in [0.1, 0.15) is 0 Å². The van der Waals surface area contributed by atoms with Gasteiger partial charge in [-0.15, -0.1) is 0 Å². The van der Waals surface area contributed by atoms with Crippen LogP contribution in [0.4, 0.5) is 0 Å². The molecule has 0 spiro atoms. The van der Waals surface area contributed by atoms with E-state index < -0.39 is 10.0 Å². The first-order chi connectivity index (χ1) is 12.4. The van der Waals surface area contributed by atoms with E-state index in [2.05, 4.69) is 15.9 Å². The van der Waals surface area contributed by atoms with E-state index in [1.165, 1.54) is 4.31 Å². The van der Waals surface area contributed by atoms with Crippen molar-refractivity contribution in [1.29, 1.82) is 0 Å². The first-order valence-corrected chi connectivity index (χ1v) is 10.8. The highest BCUT2D eigenvalue weighted by Crippen LogP contribution is 2.25. The molecule has 0 bridgehead atoms. The van der Waals surface area contributed by atoms with Crippen LogP contribution in [-0.4, -0.2) is 49.7 Å². The highest BCUT2D eigenvalue weighted by Gasteiger charge is 2.31. The molecule has 1 amide bonds. The van der Waals surface area contributed by atoms with Crippen molar-refractivity contribution in [3.63, 3.8) is 0 Å². The average Bonchev–Trinajstić information content (AvgIpc) is 2.64. The van der Waals surface area contributed by atoms with E-state index in [1.807, 2.05) is 18.2 Å². The third-order valence-electron chi connectivity index (χ3n) is 4.35. The summed E-state index contributed by atoms with van der Waals surface area (Å²) in [5, 5.41) is 0.566. The Balaban J connectivity index is 1.65. The van der Waals surface area contributed by atoms with Crippen molar-refractivity contribution < 1.29 is 13.2 Å². The standard InChI is InChI=1S/C18H18BrClN2O3S/c19-15-6-2-4-8-17(15)26(24,25)22-11-9-21(10-12-22)18(23)13-14-5-1-3-7-16(14)20/h1-8H,9-13H2. The molecule has 0 N–H and O–H groups in total. The molecule has 26 heavy (non-hydrogen) atoms. The summed E-state index contributed by atoms with van der Waals surface area (Å²) in [4.78, 5) is 14.4. The van der Waals surface area contributed by atoms with Gasteiger partial charge in [-0.05, 0) is 39.7 Å². The van der Waals surface area contributed by atoms with Crippen LogP contribution in [0.5, 0.6) is 0 Å². The van der Waals surface area contributed by atoms with Crippen molar-refractivity contribution in [1.82, 2.24) is 9.21 Å². The zero-order chi connectivity index (χ0) is 18.7. The number of amides is 1. The Kier molecular flexibility index (Phi) is 6.02. The minimum atomic E-state index is -3.58. The second-order valence-electron chi connectivity index (χ2n) is 5.98. The molecule has 0 atom stereocenters. The molecule has 1 aliphatic heterocycles. The van der Waals surface area contributed by atoms with Crippen molar-refractivity contribution in [3.05, 3.63) is 63.6 Å². The summed E-state index contributed by atoms with van der Waals surface area (Å²) >= 11 is 9.40. The molecule has 2 aromatic rings. The number of hydrogen-bond acceptors (Lipinski definition) is 3. The van der Waals surface area contributed by atoms with E-state index >= 15 is 0 Å². The Hall–Kier alpha value is -1.41. The molecule has 5 nitrogen and oxygen atoms in total. The fourth-order valence-corrected chi connectivity index (χ4v) is 5.48. The number of carbonyl (C=O) groups is 1. The number of hydrogen-bond donors (Lipinski definition) is 0. The average molecular weight is 458 g/mol. The van der Waals surface area contributed by atoms with Crippen LogP contribution in [0, 0.1) is 0 Å². The predicted molar refractivity (Wildman–Crippen MR) is 105 cm³/mol. The molecule has 0 aliphatic carbocycles. The highest BCUT2D eigenvalue weighted by atomic mass is 79.9. The largest absolute Gasteiger partial charge is 0.340 e. The van der Waals surface area contributed by atoms with Gasteiger partial charge in [-0.25, -0.2) is 8.42 Å². The second kappa shape index (κ2) is 8.08. The molecule has 3 rings (SSSR count). The van der Waals surface area contributed by atoms with E-state index in [0.717, 1.165) is 5.56 Å². The quantitative estimate of drug-likeness (QED) is 0.708. The summed E-state index contributed by atoms with van der Waals surface area (Å²) in [6.45, 7) is 1.29. The molecule has 1 saturated heterocycles. The summed E-state index contributed by atoms with van der Waals surface area (Å²) in [5.74, 6) is -0.0453. The van der Waals surface area contributed by atoms with Crippen molar-refractivity contribution in [2.75, 3.05) is 26.2 Å². The van der Waals surface area contributed by atoms with Gasteiger partial charge in [0.15, 0.2) is 0 Å². The fourth-order valence-electron chi connectivity index (χ4n) is 2.89. The molecule has 8 heteroatoms. The zero-order valence-electron chi connectivity index (χ0n) is 13.9. The topological polar surface area (TPSA) is 57.7 Å². The van der Waals surface area contributed by atoms with E-state index in [4.69, 9.17) is 11.6 Å². The first-order valence-electron chi connectivity index (χ1n) is 8.15. The van der Waals surface area contributed by atoms with Crippen LogP contribution in [0.15, 0.2) is 57.9 Å². The Morgan fingerprint density at radius 3 is 2.27 bits per heavy atom. The normalized spacial score (nSPS) is 15.8. The van der Waals surface area contributed by atoms with Gasteiger partial charge in [0.2, 0.25) is 15.9 Å². The Labute approximate surface area is 166 Å². The minimum Gasteiger partial charge on any atom is -0.340 e.